The van der Waals surface area contributed by atoms with E-state index in [1.54, 1.807) is 43.0 Å². The van der Waals surface area contributed by atoms with Crippen LogP contribution in [0.1, 0.15) is 27.6 Å². The Morgan fingerprint density at radius 1 is 1.00 bits per heavy atom. The highest BCUT2D eigenvalue weighted by Crippen LogP contribution is 2.60. The molecule has 0 radical (unpaired) electrons. The molecular formula is C29H33N4O4PS. The van der Waals surface area contributed by atoms with Gasteiger partial charge in [-0.1, -0.05) is 23.9 Å². The maximum absolute atomic E-state index is 14.0. The van der Waals surface area contributed by atoms with Crippen LogP contribution < -0.4 is 24.5 Å². The van der Waals surface area contributed by atoms with E-state index in [1.165, 1.54) is 0 Å². The van der Waals surface area contributed by atoms with Crippen LogP contribution in [0, 0.1) is 0 Å². The zero-order valence-corrected chi connectivity index (χ0v) is 24.4. The molecule has 3 aromatic rings. The van der Waals surface area contributed by atoms with Crippen molar-refractivity contribution in [2.75, 3.05) is 68.5 Å². The molecule has 1 amide bonds. The fourth-order valence-electron chi connectivity index (χ4n) is 5.18. The summed E-state index contributed by atoms with van der Waals surface area (Å²) in [7, 11) is 5.60. The van der Waals surface area contributed by atoms with Gasteiger partial charge in [0.05, 0.1) is 36.2 Å². The van der Waals surface area contributed by atoms with Crippen molar-refractivity contribution in [2.45, 2.75) is 6.92 Å². The van der Waals surface area contributed by atoms with Crippen LogP contribution in [-0.4, -0.2) is 70.5 Å². The molecule has 3 aromatic carbocycles. The molecule has 204 valence electrons. The average molecular weight is 565 g/mol. The maximum atomic E-state index is 14.0. The maximum Gasteiger partial charge on any atom is 0.338 e. The van der Waals surface area contributed by atoms with Gasteiger partial charge in [0, 0.05) is 51.3 Å². The summed E-state index contributed by atoms with van der Waals surface area (Å²) >= 11 is 6.55. The van der Waals surface area contributed by atoms with Crippen molar-refractivity contribution in [3.8, 4) is 5.75 Å². The summed E-state index contributed by atoms with van der Waals surface area (Å²) in [6.45, 7) is 5.00. The van der Waals surface area contributed by atoms with E-state index in [-0.39, 0.29) is 11.9 Å². The normalized spacial score (nSPS) is 19.1. The Morgan fingerprint density at radius 3 is 2.33 bits per heavy atom. The van der Waals surface area contributed by atoms with E-state index in [0.717, 1.165) is 35.5 Å². The standard InChI is InChI=1S/C29H33N4O4PS/c1-5-37-29(35)21-10-12-22(13-11-21)33-28(34)24-20-23(30(2)3)14-15-27(24)38(33,39)32-18-16-31(17-19-32)25-8-6-7-9-26(25)36-4/h6-15,20H,5,16-19H2,1-4H3. The number of para-hydroxylation sites is 2. The van der Waals surface area contributed by atoms with Gasteiger partial charge in [-0.05, 0) is 61.5 Å². The number of carbonyl (C=O) groups is 2. The zero-order valence-electron chi connectivity index (χ0n) is 22.7. The molecule has 1 saturated heterocycles. The van der Waals surface area contributed by atoms with Crippen molar-refractivity contribution in [3.05, 3.63) is 77.9 Å². The van der Waals surface area contributed by atoms with Crippen LogP contribution in [0.5, 0.6) is 5.75 Å². The van der Waals surface area contributed by atoms with Crippen molar-refractivity contribution in [2.24, 2.45) is 0 Å². The number of carbonyl (C=O) groups excluding carboxylic acids is 2. The number of hydrogen-bond donors (Lipinski definition) is 0. The van der Waals surface area contributed by atoms with Crippen LogP contribution in [0.15, 0.2) is 66.7 Å². The van der Waals surface area contributed by atoms with Gasteiger partial charge in [-0.2, -0.15) is 0 Å². The third-order valence-electron chi connectivity index (χ3n) is 7.19. The number of nitrogens with zero attached hydrogens (tertiary/aromatic N) is 4. The smallest absolute Gasteiger partial charge is 0.338 e. The van der Waals surface area contributed by atoms with E-state index in [1.807, 2.05) is 55.4 Å². The number of ether oxygens (including phenoxy) is 2. The first kappa shape index (κ1) is 27.2. The molecule has 1 fully saturated rings. The first-order chi connectivity index (χ1) is 18.8. The van der Waals surface area contributed by atoms with Crippen LogP contribution >= 0.6 is 6.34 Å². The van der Waals surface area contributed by atoms with Crippen LogP contribution in [0.4, 0.5) is 17.1 Å². The molecular weight excluding hydrogens is 531 g/mol. The molecule has 0 N–H and O–H groups in total. The lowest BCUT2D eigenvalue weighted by molar-refractivity contribution is 0.0526. The lowest BCUT2D eigenvalue weighted by atomic mass is 10.1. The van der Waals surface area contributed by atoms with Gasteiger partial charge >= 0.3 is 5.97 Å². The third kappa shape index (κ3) is 4.80. The first-order valence-corrected chi connectivity index (χ1v) is 15.7. The number of piperazine rings is 1. The van der Waals surface area contributed by atoms with Gasteiger partial charge in [-0.25, -0.2) is 4.79 Å². The Bertz CT molecular complexity index is 1440. The Hall–Kier alpha value is -3.39. The highest BCUT2D eigenvalue weighted by atomic mass is 32.4. The van der Waals surface area contributed by atoms with Crippen molar-refractivity contribution in [1.82, 2.24) is 4.67 Å². The third-order valence-corrected chi connectivity index (χ3v) is 12.1. The van der Waals surface area contributed by atoms with E-state index in [9.17, 15) is 9.59 Å². The molecule has 1 unspecified atom stereocenters. The molecule has 0 aliphatic carbocycles. The molecule has 0 saturated carbocycles. The van der Waals surface area contributed by atoms with Crippen LogP contribution in [-0.2, 0) is 16.5 Å². The van der Waals surface area contributed by atoms with Gasteiger partial charge in [0.1, 0.15) is 12.1 Å². The van der Waals surface area contributed by atoms with E-state index in [4.69, 9.17) is 21.3 Å². The number of benzene rings is 3. The van der Waals surface area contributed by atoms with Crippen LogP contribution in [0.3, 0.4) is 0 Å². The Morgan fingerprint density at radius 2 is 1.69 bits per heavy atom. The van der Waals surface area contributed by atoms with Crippen molar-refractivity contribution in [3.63, 3.8) is 0 Å². The van der Waals surface area contributed by atoms with Gasteiger partial charge in [-0.15, -0.1) is 0 Å². The van der Waals surface area contributed by atoms with Gasteiger partial charge < -0.3 is 19.3 Å². The topological polar surface area (TPSA) is 65.6 Å². The van der Waals surface area contributed by atoms with E-state index in [0.29, 0.717) is 36.5 Å². The second-order valence-electron chi connectivity index (χ2n) is 9.64. The Balaban J connectivity index is 1.51. The molecule has 2 aliphatic rings. The van der Waals surface area contributed by atoms with Crippen molar-refractivity contribution >= 4 is 52.4 Å². The lowest BCUT2D eigenvalue weighted by Gasteiger charge is -2.44. The predicted molar refractivity (Wildman–Crippen MR) is 161 cm³/mol. The number of amides is 1. The Labute approximate surface area is 234 Å². The summed E-state index contributed by atoms with van der Waals surface area (Å²) < 4.78 is 14.9. The van der Waals surface area contributed by atoms with Crippen molar-refractivity contribution in [1.29, 1.82) is 0 Å². The largest absolute Gasteiger partial charge is 0.495 e. The number of rotatable bonds is 7. The molecule has 1 atom stereocenters. The number of fused-ring (bicyclic) bond motifs is 1. The quantitative estimate of drug-likeness (QED) is 0.310. The summed E-state index contributed by atoms with van der Waals surface area (Å²) in [5.74, 6) is 0.352. The highest BCUT2D eigenvalue weighted by Gasteiger charge is 2.48. The summed E-state index contributed by atoms with van der Waals surface area (Å²) in [6, 6.07) is 21.0. The number of methoxy groups -OCH3 is 1. The molecule has 8 nitrogen and oxygen atoms in total. The van der Waals surface area contributed by atoms with Crippen molar-refractivity contribution < 1.29 is 19.1 Å². The number of esters is 1. The fourth-order valence-corrected chi connectivity index (χ4v) is 9.69. The predicted octanol–water partition coefficient (Wildman–Crippen LogP) is 4.36. The molecule has 2 heterocycles. The van der Waals surface area contributed by atoms with Gasteiger partial charge in [-0.3, -0.25) is 14.1 Å². The molecule has 10 heteroatoms. The summed E-state index contributed by atoms with van der Waals surface area (Å²) in [5, 5.41) is 0.910. The van der Waals surface area contributed by atoms with E-state index in [2.05, 4.69) is 15.6 Å². The number of hydrogen-bond acceptors (Lipinski definition) is 7. The molecule has 2 aliphatic heterocycles. The minimum Gasteiger partial charge on any atom is -0.495 e. The van der Waals surface area contributed by atoms with Gasteiger partial charge in [0.15, 0.2) is 0 Å². The van der Waals surface area contributed by atoms with Gasteiger partial charge in [0.2, 0.25) is 0 Å². The highest BCUT2D eigenvalue weighted by molar-refractivity contribution is 8.18. The van der Waals surface area contributed by atoms with E-state index >= 15 is 0 Å². The molecule has 39 heavy (non-hydrogen) atoms. The molecule has 0 aromatic heterocycles. The molecule has 5 rings (SSSR count). The van der Waals surface area contributed by atoms with E-state index < -0.39 is 6.34 Å². The van der Waals surface area contributed by atoms with Crippen LogP contribution in [0.25, 0.3) is 0 Å². The minimum atomic E-state index is -2.70. The summed E-state index contributed by atoms with van der Waals surface area (Å²) in [6.07, 6.45) is -2.70. The summed E-state index contributed by atoms with van der Waals surface area (Å²) in [5.41, 5.74) is 3.78. The minimum absolute atomic E-state index is 0.104. The zero-order chi connectivity index (χ0) is 27.7. The monoisotopic (exact) mass is 564 g/mol. The average Bonchev–Trinajstić information content (AvgIpc) is 3.19. The first-order valence-electron chi connectivity index (χ1n) is 13.0. The summed E-state index contributed by atoms with van der Waals surface area (Å²) in [4.78, 5) is 30.6. The fraction of sp³-hybridized carbons (Fsp3) is 0.310. The molecule has 0 bridgehead atoms. The van der Waals surface area contributed by atoms with Gasteiger partial charge in [0.25, 0.3) is 5.91 Å². The lowest BCUT2D eigenvalue weighted by Crippen LogP contribution is -2.48. The Kier molecular flexibility index (Phi) is 7.67. The molecule has 0 spiro atoms. The van der Waals surface area contributed by atoms with Crippen LogP contribution in [0.2, 0.25) is 0 Å². The number of anilines is 3. The second kappa shape index (κ2) is 11.0. The SMILES string of the molecule is CCOC(=O)c1ccc(N2C(=O)c3cc(N(C)C)ccc3P2(=S)N2CCN(c3ccccc3OC)CC2)cc1. The second-order valence-corrected chi connectivity index (χ2v) is 13.7.